The number of hydrogen-bond donors (Lipinski definition) is 0. The average Bonchev–Trinajstić information content (AvgIpc) is 3.06. The molecule has 1 aromatic heterocycles. The number of nitriles is 1. The van der Waals surface area contributed by atoms with Crippen molar-refractivity contribution in [3.8, 4) is 6.07 Å². The molecule has 22 heavy (non-hydrogen) atoms. The van der Waals surface area contributed by atoms with Gasteiger partial charge in [-0.05, 0) is 42.3 Å². The van der Waals surface area contributed by atoms with Crippen LogP contribution in [0, 0.1) is 11.3 Å². The van der Waals surface area contributed by atoms with Gasteiger partial charge in [-0.3, -0.25) is 4.79 Å². The van der Waals surface area contributed by atoms with E-state index in [1.54, 1.807) is 41.5 Å². The van der Waals surface area contributed by atoms with Crippen molar-refractivity contribution in [1.29, 1.82) is 5.26 Å². The molecule has 0 saturated carbocycles. The van der Waals surface area contributed by atoms with Gasteiger partial charge < -0.3 is 9.32 Å². The van der Waals surface area contributed by atoms with E-state index in [-0.39, 0.29) is 5.91 Å². The van der Waals surface area contributed by atoms with Gasteiger partial charge in [-0.2, -0.15) is 5.26 Å². The molecule has 0 atom stereocenters. The third-order valence-corrected chi connectivity index (χ3v) is 3.20. The molecule has 0 bridgehead atoms. The maximum atomic E-state index is 12.3. The molecule has 0 unspecified atom stereocenters. The quantitative estimate of drug-likeness (QED) is 0.765. The van der Waals surface area contributed by atoms with Gasteiger partial charge in [-0.15, -0.1) is 0 Å². The summed E-state index contributed by atoms with van der Waals surface area (Å²) in [5, 5.41) is 8.81. The first kappa shape index (κ1) is 15.6. The van der Waals surface area contributed by atoms with Crippen molar-refractivity contribution in [3.63, 3.8) is 0 Å². The van der Waals surface area contributed by atoms with Gasteiger partial charge in [-0.25, -0.2) is 0 Å². The molecular weight excluding hydrogens is 276 g/mol. The fourth-order valence-corrected chi connectivity index (χ4v) is 2.09. The van der Waals surface area contributed by atoms with Crippen LogP contribution in [0.1, 0.15) is 30.2 Å². The predicted molar refractivity (Wildman–Crippen MR) is 84.6 cm³/mol. The molecule has 0 aliphatic heterocycles. The molecule has 0 saturated heterocycles. The normalized spacial score (nSPS) is 10.5. The maximum Gasteiger partial charge on any atom is 0.246 e. The molecule has 0 fully saturated rings. The van der Waals surface area contributed by atoms with E-state index in [0.29, 0.717) is 24.4 Å². The minimum Gasteiger partial charge on any atom is -0.465 e. The Hall–Kier alpha value is -2.80. The lowest BCUT2D eigenvalue weighted by Crippen LogP contribution is -2.29. The molecule has 4 nitrogen and oxygen atoms in total. The highest BCUT2D eigenvalue weighted by Crippen LogP contribution is 2.09. The van der Waals surface area contributed by atoms with Gasteiger partial charge in [0.2, 0.25) is 5.91 Å². The molecule has 1 heterocycles. The third-order valence-electron chi connectivity index (χ3n) is 3.20. The van der Waals surface area contributed by atoms with E-state index in [4.69, 9.17) is 9.68 Å². The van der Waals surface area contributed by atoms with Crippen LogP contribution < -0.4 is 0 Å². The van der Waals surface area contributed by atoms with E-state index >= 15 is 0 Å². The second kappa shape index (κ2) is 7.84. The Bertz CT molecular complexity index is 664. The number of carbonyl (C=O) groups excluding carboxylic acids is 1. The molecular formula is C18H18N2O2. The van der Waals surface area contributed by atoms with Crippen molar-refractivity contribution in [2.45, 2.75) is 19.9 Å². The molecule has 0 N–H and O–H groups in total. The van der Waals surface area contributed by atoms with Crippen LogP contribution in [0.5, 0.6) is 0 Å². The molecule has 1 amide bonds. The highest BCUT2D eigenvalue weighted by molar-refractivity contribution is 5.91. The summed E-state index contributed by atoms with van der Waals surface area (Å²) in [6.07, 6.45) is 5.66. The summed E-state index contributed by atoms with van der Waals surface area (Å²) >= 11 is 0. The van der Waals surface area contributed by atoms with Crippen LogP contribution in [0.25, 0.3) is 6.08 Å². The number of hydrogen-bond acceptors (Lipinski definition) is 3. The molecule has 0 spiro atoms. The molecule has 2 aromatic rings. The maximum absolute atomic E-state index is 12.3. The summed E-state index contributed by atoms with van der Waals surface area (Å²) in [7, 11) is 0. The topological polar surface area (TPSA) is 57.2 Å². The first-order chi connectivity index (χ1) is 10.7. The molecule has 2 rings (SSSR count). The number of furan rings is 1. The lowest BCUT2D eigenvalue weighted by Gasteiger charge is -2.20. The van der Waals surface area contributed by atoms with Crippen LogP contribution in [0.4, 0.5) is 0 Å². The van der Waals surface area contributed by atoms with Crippen molar-refractivity contribution >= 4 is 12.0 Å². The van der Waals surface area contributed by atoms with Crippen LogP contribution >= 0.6 is 0 Å². The van der Waals surface area contributed by atoms with E-state index in [1.165, 1.54) is 6.08 Å². The van der Waals surface area contributed by atoms with Gasteiger partial charge in [0.1, 0.15) is 5.76 Å². The van der Waals surface area contributed by atoms with Crippen molar-refractivity contribution in [2.75, 3.05) is 6.54 Å². The fraction of sp³-hybridized carbons (Fsp3) is 0.222. The van der Waals surface area contributed by atoms with Crippen molar-refractivity contribution in [1.82, 2.24) is 4.90 Å². The number of nitrogens with zero attached hydrogens (tertiary/aromatic N) is 2. The summed E-state index contributed by atoms with van der Waals surface area (Å²) in [6, 6.07) is 13.0. The van der Waals surface area contributed by atoms with Crippen LogP contribution in [-0.2, 0) is 11.3 Å². The van der Waals surface area contributed by atoms with Gasteiger partial charge in [0, 0.05) is 19.2 Å². The standard InChI is InChI=1S/C18H18N2O2/c1-2-11-20(14-16-7-5-15(13-19)6-8-16)18(21)10-9-17-4-3-12-22-17/h3-10,12H,2,11,14H2,1H3/b10-9+. The summed E-state index contributed by atoms with van der Waals surface area (Å²) in [5.74, 6) is 0.603. The van der Waals surface area contributed by atoms with E-state index < -0.39 is 0 Å². The van der Waals surface area contributed by atoms with E-state index in [2.05, 4.69) is 6.07 Å². The zero-order valence-corrected chi connectivity index (χ0v) is 12.5. The predicted octanol–water partition coefficient (Wildman–Crippen LogP) is 3.60. The fourth-order valence-electron chi connectivity index (χ4n) is 2.09. The van der Waals surface area contributed by atoms with Gasteiger partial charge in [0.15, 0.2) is 0 Å². The average molecular weight is 294 g/mol. The zero-order chi connectivity index (χ0) is 15.8. The van der Waals surface area contributed by atoms with Gasteiger partial charge in [0.25, 0.3) is 0 Å². The Morgan fingerprint density at radius 2 is 2.09 bits per heavy atom. The molecule has 1 aromatic carbocycles. The van der Waals surface area contributed by atoms with Crippen LogP contribution in [-0.4, -0.2) is 17.4 Å². The number of benzene rings is 1. The van der Waals surface area contributed by atoms with Crippen molar-refractivity contribution in [3.05, 3.63) is 65.6 Å². The van der Waals surface area contributed by atoms with E-state index in [1.807, 2.05) is 19.1 Å². The van der Waals surface area contributed by atoms with Crippen molar-refractivity contribution in [2.24, 2.45) is 0 Å². The highest BCUT2D eigenvalue weighted by Gasteiger charge is 2.10. The van der Waals surface area contributed by atoms with E-state index in [9.17, 15) is 4.79 Å². The first-order valence-corrected chi connectivity index (χ1v) is 7.22. The molecule has 0 aliphatic rings. The first-order valence-electron chi connectivity index (χ1n) is 7.22. The van der Waals surface area contributed by atoms with Crippen LogP contribution in [0.2, 0.25) is 0 Å². The van der Waals surface area contributed by atoms with Gasteiger partial charge in [0.05, 0.1) is 17.9 Å². The SMILES string of the molecule is CCCN(Cc1ccc(C#N)cc1)C(=O)/C=C/c1ccco1. The second-order valence-electron chi connectivity index (χ2n) is 4.92. The Morgan fingerprint density at radius 3 is 2.68 bits per heavy atom. The smallest absolute Gasteiger partial charge is 0.246 e. The Kier molecular flexibility index (Phi) is 5.56. The summed E-state index contributed by atoms with van der Waals surface area (Å²) in [5.41, 5.74) is 1.63. The third kappa shape index (κ3) is 4.35. The molecule has 0 aliphatic carbocycles. The number of rotatable bonds is 6. The Labute approximate surface area is 130 Å². The van der Waals surface area contributed by atoms with Crippen molar-refractivity contribution < 1.29 is 9.21 Å². The van der Waals surface area contributed by atoms with Crippen LogP contribution in [0.15, 0.2) is 53.2 Å². The van der Waals surface area contributed by atoms with Gasteiger partial charge >= 0.3 is 0 Å². The molecule has 4 heteroatoms. The number of carbonyl (C=O) groups is 1. The lowest BCUT2D eigenvalue weighted by atomic mass is 10.1. The van der Waals surface area contributed by atoms with E-state index in [0.717, 1.165) is 12.0 Å². The summed E-state index contributed by atoms with van der Waals surface area (Å²) < 4.78 is 5.18. The summed E-state index contributed by atoms with van der Waals surface area (Å²) in [6.45, 7) is 3.25. The minimum atomic E-state index is -0.0531. The zero-order valence-electron chi connectivity index (χ0n) is 12.5. The lowest BCUT2D eigenvalue weighted by molar-refractivity contribution is -0.126. The minimum absolute atomic E-state index is 0.0531. The largest absolute Gasteiger partial charge is 0.465 e. The number of amides is 1. The Morgan fingerprint density at radius 1 is 1.32 bits per heavy atom. The molecule has 0 radical (unpaired) electrons. The summed E-state index contributed by atoms with van der Waals surface area (Å²) in [4.78, 5) is 14.1. The van der Waals surface area contributed by atoms with Crippen LogP contribution in [0.3, 0.4) is 0 Å². The molecule has 112 valence electrons. The Balaban J connectivity index is 2.04. The van der Waals surface area contributed by atoms with Gasteiger partial charge in [-0.1, -0.05) is 19.1 Å². The highest BCUT2D eigenvalue weighted by atomic mass is 16.3. The monoisotopic (exact) mass is 294 g/mol. The second-order valence-corrected chi connectivity index (χ2v) is 4.92.